The lowest BCUT2D eigenvalue weighted by molar-refractivity contribution is -0.122. The minimum atomic E-state index is 0.0110. The molecule has 0 spiro atoms. The highest BCUT2D eigenvalue weighted by molar-refractivity contribution is 5.78. The largest absolute Gasteiger partial charge is 0.460 e. The van der Waals surface area contributed by atoms with E-state index in [9.17, 15) is 4.79 Å². The van der Waals surface area contributed by atoms with Gasteiger partial charge in [0.25, 0.3) is 0 Å². The molecule has 3 rings (SSSR count). The average molecular weight is 322 g/mol. The quantitative estimate of drug-likeness (QED) is 0.755. The molecule has 1 heterocycles. The van der Waals surface area contributed by atoms with Gasteiger partial charge in [-0.05, 0) is 37.2 Å². The lowest BCUT2D eigenvalue weighted by Crippen LogP contribution is -2.34. The van der Waals surface area contributed by atoms with E-state index in [2.05, 4.69) is 18.3 Å². The number of nitrogens with zero attached hydrogens (tertiary/aromatic N) is 1. The smallest absolute Gasteiger partial charge is 0.234 e. The van der Waals surface area contributed by atoms with Crippen LogP contribution in [0.5, 0.6) is 0 Å². The third-order valence-electron chi connectivity index (χ3n) is 4.05. The molecule has 0 aliphatic rings. The van der Waals surface area contributed by atoms with Crippen LogP contribution in [-0.2, 0) is 17.9 Å². The summed E-state index contributed by atoms with van der Waals surface area (Å²) in [6.07, 6.45) is 0. The van der Waals surface area contributed by atoms with Crippen molar-refractivity contribution in [2.24, 2.45) is 0 Å². The number of hydrogen-bond donors (Lipinski definition) is 1. The van der Waals surface area contributed by atoms with Crippen molar-refractivity contribution in [1.29, 1.82) is 0 Å². The molecule has 0 aliphatic heterocycles. The monoisotopic (exact) mass is 322 g/mol. The number of rotatable bonds is 6. The number of hydrogen-bond acceptors (Lipinski definition) is 3. The van der Waals surface area contributed by atoms with Crippen LogP contribution in [0, 0.1) is 6.92 Å². The number of carbonyl (C=O) groups is 1. The number of benzene rings is 2. The molecule has 24 heavy (non-hydrogen) atoms. The molecule has 0 fully saturated rings. The molecule has 0 unspecified atom stereocenters. The Balaban J connectivity index is 1.51. The highest BCUT2D eigenvalue weighted by atomic mass is 16.3. The average Bonchev–Trinajstić information content (AvgIpc) is 2.96. The Kier molecular flexibility index (Phi) is 4.96. The molecule has 3 aromatic rings. The van der Waals surface area contributed by atoms with Gasteiger partial charge in [0.2, 0.25) is 5.91 Å². The van der Waals surface area contributed by atoms with E-state index in [4.69, 9.17) is 4.42 Å². The fraction of sp³-hybridized carbons (Fsp3) is 0.250. The first-order valence-corrected chi connectivity index (χ1v) is 8.09. The minimum absolute atomic E-state index is 0.0110. The predicted octanol–water partition coefficient (Wildman–Crippen LogP) is 3.49. The van der Waals surface area contributed by atoms with Gasteiger partial charge >= 0.3 is 0 Å². The van der Waals surface area contributed by atoms with Crippen molar-refractivity contribution in [3.63, 3.8) is 0 Å². The first-order chi connectivity index (χ1) is 11.6. The van der Waals surface area contributed by atoms with Gasteiger partial charge in [-0.1, -0.05) is 42.5 Å². The number of aryl methyl sites for hydroxylation is 1. The van der Waals surface area contributed by atoms with Crippen molar-refractivity contribution in [2.45, 2.75) is 20.0 Å². The van der Waals surface area contributed by atoms with Crippen LogP contribution in [0.1, 0.15) is 16.9 Å². The van der Waals surface area contributed by atoms with Crippen molar-refractivity contribution in [3.05, 3.63) is 71.5 Å². The van der Waals surface area contributed by atoms with Crippen molar-refractivity contribution in [1.82, 2.24) is 10.2 Å². The molecule has 1 aromatic heterocycles. The minimum Gasteiger partial charge on any atom is -0.460 e. The molecule has 0 atom stereocenters. The summed E-state index contributed by atoms with van der Waals surface area (Å²) in [4.78, 5) is 14.1. The Morgan fingerprint density at radius 1 is 1.12 bits per heavy atom. The van der Waals surface area contributed by atoms with Gasteiger partial charge in [-0.25, -0.2) is 0 Å². The van der Waals surface area contributed by atoms with Gasteiger partial charge in [-0.15, -0.1) is 0 Å². The Labute approximate surface area is 142 Å². The lowest BCUT2D eigenvalue weighted by Gasteiger charge is -2.15. The van der Waals surface area contributed by atoms with Crippen LogP contribution < -0.4 is 5.32 Å². The molecule has 0 radical (unpaired) electrons. The SMILES string of the molecule is Cc1ccccc1CNC(=O)CN(C)Cc1cc2ccccc2o1. The zero-order valence-electron chi connectivity index (χ0n) is 14.1. The van der Waals surface area contributed by atoms with Crippen molar-refractivity contribution < 1.29 is 9.21 Å². The van der Waals surface area contributed by atoms with E-state index in [0.29, 0.717) is 19.6 Å². The maximum absolute atomic E-state index is 12.1. The molecule has 0 bridgehead atoms. The van der Waals surface area contributed by atoms with Gasteiger partial charge in [0.05, 0.1) is 13.1 Å². The van der Waals surface area contributed by atoms with E-state index in [1.807, 2.05) is 60.5 Å². The van der Waals surface area contributed by atoms with Crippen LogP contribution in [0.4, 0.5) is 0 Å². The summed E-state index contributed by atoms with van der Waals surface area (Å²) in [5.41, 5.74) is 3.21. The molecule has 1 N–H and O–H groups in total. The van der Waals surface area contributed by atoms with Gasteiger partial charge in [0, 0.05) is 11.9 Å². The highest BCUT2D eigenvalue weighted by Gasteiger charge is 2.10. The zero-order valence-corrected chi connectivity index (χ0v) is 14.1. The summed E-state index contributed by atoms with van der Waals surface area (Å²) in [6, 6.07) is 18.0. The number of nitrogens with one attached hydrogen (secondary N) is 1. The molecular weight excluding hydrogens is 300 g/mol. The second-order valence-electron chi connectivity index (χ2n) is 6.13. The van der Waals surface area contributed by atoms with Crippen LogP contribution in [0.2, 0.25) is 0 Å². The van der Waals surface area contributed by atoms with Gasteiger partial charge < -0.3 is 9.73 Å². The van der Waals surface area contributed by atoms with Crippen LogP contribution >= 0.6 is 0 Å². The summed E-state index contributed by atoms with van der Waals surface area (Å²) >= 11 is 0. The van der Waals surface area contributed by atoms with E-state index in [1.54, 1.807) is 0 Å². The van der Waals surface area contributed by atoms with Crippen LogP contribution in [0.25, 0.3) is 11.0 Å². The van der Waals surface area contributed by atoms with Crippen molar-refractivity contribution in [2.75, 3.05) is 13.6 Å². The van der Waals surface area contributed by atoms with Gasteiger partial charge in [-0.2, -0.15) is 0 Å². The molecular formula is C20H22N2O2. The number of para-hydroxylation sites is 1. The molecule has 0 saturated carbocycles. The normalized spacial score (nSPS) is 11.1. The first kappa shape index (κ1) is 16.3. The molecule has 2 aromatic carbocycles. The summed E-state index contributed by atoms with van der Waals surface area (Å²) in [6.45, 7) is 3.55. The molecule has 0 saturated heterocycles. The molecule has 4 nitrogen and oxygen atoms in total. The first-order valence-electron chi connectivity index (χ1n) is 8.09. The zero-order chi connectivity index (χ0) is 16.9. The summed E-state index contributed by atoms with van der Waals surface area (Å²) in [5, 5.41) is 4.06. The predicted molar refractivity (Wildman–Crippen MR) is 95.6 cm³/mol. The van der Waals surface area contributed by atoms with Gasteiger partial charge in [0.15, 0.2) is 0 Å². The Bertz CT molecular complexity index is 805. The standard InChI is InChI=1S/C20H22N2O2/c1-15-7-3-4-9-17(15)12-21-20(23)14-22(2)13-18-11-16-8-5-6-10-19(16)24-18/h3-11H,12-14H2,1-2H3,(H,21,23). The third-order valence-corrected chi connectivity index (χ3v) is 4.05. The molecule has 124 valence electrons. The Morgan fingerprint density at radius 2 is 1.88 bits per heavy atom. The Morgan fingerprint density at radius 3 is 2.67 bits per heavy atom. The number of amides is 1. The van der Waals surface area contributed by atoms with Crippen molar-refractivity contribution in [3.8, 4) is 0 Å². The maximum atomic E-state index is 12.1. The van der Waals surface area contributed by atoms with Crippen LogP contribution in [-0.4, -0.2) is 24.4 Å². The fourth-order valence-electron chi connectivity index (χ4n) is 2.74. The van der Waals surface area contributed by atoms with Gasteiger partial charge in [0.1, 0.15) is 11.3 Å². The molecule has 0 aliphatic carbocycles. The van der Waals surface area contributed by atoms with E-state index in [1.165, 1.54) is 5.56 Å². The summed E-state index contributed by atoms with van der Waals surface area (Å²) < 4.78 is 5.79. The van der Waals surface area contributed by atoms with E-state index >= 15 is 0 Å². The van der Waals surface area contributed by atoms with E-state index in [-0.39, 0.29) is 5.91 Å². The van der Waals surface area contributed by atoms with Crippen LogP contribution in [0.15, 0.2) is 59.0 Å². The molecule has 4 heteroatoms. The van der Waals surface area contributed by atoms with E-state index < -0.39 is 0 Å². The highest BCUT2D eigenvalue weighted by Crippen LogP contribution is 2.19. The molecule has 1 amide bonds. The second-order valence-corrected chi connectivity index (χ2v) is 6.13. The fourth-order valence-corrected chi connectivity index (χ4v) is 2.74. The Hall–Kier alpha value is -2.59. The number of likely N-dealkylation sites (N-methyl/N-ethyl adjacent to an activating group) is 1. The summed E-state index contributed by atoms with van der Waals surface area (Å²) in [5.74, 6) is 0.877. The third kappa shape index (κ3) is 4.03. The van der Waals surface area contributed by atoms with Gasteiger partial charge in [-0.3, -0.25) is 9.69 Å². The van der Waals surface area contributed by atoms with E-state index in [0.717, 1.165) is 22.3 Å². The van der Waals surface area contributed by atoms with Crippen molar-refractivity contribution >= 4 is 16.9 Å². The maximum Gasteiger partial charge on any atom is 0.234 e. The second kappa shape index (κ2) is 7.32. The number of carbonyl (C=O) groups excluding carboxylic acids is 1. The topological polar surface area (TPSA) is 45.5 Å². The lowest BCUT2D eigenvalue weighted by atomic mass is 10.1. The summed E-state index contributed by atoms with van der Waals surface area (Å²) in [7, 11) is 1.92. The number of furan rings is 1. The van der Waals surface area contributed by atoms with Crippen LogP contribution in [0.3, 0.4) is 0 Å². The number of fused-ring (bicyclic) bond motifs is 1.